The number of nitrogens with zero attached hydrogens (tertiary/aromatic N) is 9. The van der Waals surface area contributed by atoms with E-state index in [2.05, 4.69) is 20.4 Å². The van der Waals surface area contributed by atoms with Gasteiger partial charge in [0, 0.05) is 66.2 Å². The summed E-state index contributed by atoms with van der Waals surface area (Å²) in [6.07, 6.45) is 5.04. The number of fused-ring (bicyclic) bond motifs is 2. The molecule has 0 aliphatic carbocycles. The van der Waals surface area contributed by atoms with Crippen LogP contribution in [0.2, 0.25) is 0 Å². The number of aromatic nitrogens is 8. The topological polar surface area (TPSA) is 193 Å². The van der Waals surface area contributed by atoms with Gasteiger partial charge in [0.2, 0.25) is 0 Å². The monoisotopic (exact) mass is 656 g/mol. The van der Waals surface area contributed by atoms with Gasteiger partial charge >= 0.3 is 12.2 Å². The predicted octanol–water partition coefficient (Wildman–Crippen LogP) is 5.93. The molecule has 0 atom stereocenters. The first kappa shape index (κ1) is 33.3. The highest BCUT2D eigenvalue weighted by molar-refractivity contribution is 5.96. The number of nitrogen functional groups attached to an aromatic ring is 1. The molecule has 0 fully saturated rings. The molecule has 16 nitrogen and oxygen atoms in total. The van der Waals surface area contributed by atoms with Crippen LogP contribution in [0.5, 0.6) is 0 Å². The predicted molar refractivity (Wildman–Crippen MR) is 178 cm³/mol. The van der Waals surface area contributed by atoms with Crippen LogP contribution in [-0.2, 0) is 23.6 Å². The van der Waals surface area contributed by atoms with Gasteiger partial charge in [0.25, 0.3) is 5.69 Å². The van der Waals surface area contributed by atoms with Crippen molar-refractivity contribution in [3.63, 3.8) is 0 Å². The first-order chi connectivity index (χ1) is 22.4. The van der Waals surface area contributed by atoms with Crippen molar-refractivity contribution in [2.45, 2.75) is 52.7 Å². The first-order valence-corrected chi connectivity index (χ1v) is 14.8. The Morgan fingerprint density at radius 3 is 1.62 bits per heavy atom. The Kier molecular flexibility index (Phi) is 8.52. The molecule has 0 radical (unpaired) electrons. The number of carbonyl (C=O) groups is 2. The molecular weight excluding hydrogens is 620 g/mol. The average molecular weight is 657 g/mol. The van der Waals surface area contributed by atoms with E-state index in [0.717, 1.165) is 32.4 Å². The third kappa shape index (κ3) is 7.16. The van der Waals surface area contributed by atoms with E-state index in [1.54, 1.807) is 55.6 Å². The van der Waals surface area contributed by atoms with E-state index >= 15 is 0 Å². The Morgan fingerprint density at radius 1 is 0.750 bits per heavy atom. The van der Waals surface area contributed by atoms with Gasteiger partial charge in [-0.15, -0.1) is 0 Å². The molecule has 0 saturated heterocycles. The van der Waals surface area contributed by atoms with Crippen LogP contribution in [0.3, 0.4) is 0 Å². The van der Waals surface area contributed by atoms with Crippen molar-refractivity contribution >= 4 is 45.4 Å². The van der Waals surface area contributed by atoms with Gasteiger partial charge in [-0.2, -0.15) is 29.8 Å². The molecule has 0 spiro atoms. The molecule has 0 unspecified atom stereocenters. The van der Waals surface area contributed by atoms with Crippen molar-refractivity contribution in [2.75, 3.05) is 5.73 Å². The van der Waals surface area contributed by atoms with Crippen molar-refractivity contribution in [2.24, 2.45) is 14.1 Å². The zero-order valence-corrected chi connectivity index (χ0v) is 27.8. The SMILES string of the molecule is Cn1nc(-c2cnn(C(=O)OC(C)(C)C)c2)c2cc(N)ccc21.Cn1nc(-c2cnn(C(=O)OC(C)(C)C)c2)c2cc([N+](=O)[O-])ccc21. The van der Waals surface area contributed by atoms with Crippen LogP contribution in [0, 0.1) is 10.1 Å². The Bertz CT molecular complexity index is 2170. The number of nitro groups is 1. The van der Waals surface area contributed by atoms with E-state index < -0.39 is 28.3 Å². The second-order valence-corrected chi connectivity index (χ2v) is 13.0. The summed E-state index contributed by atoms with van der Waals surface area (Å²) >= 11 is 0. The molecule has 6 aromatic rings. The number of aryl methyl sites for hydroxylation is 2. The molecule has 0 amide bonds. The standard InChI is InChI=1S/C16H17N5O4.C16H19N5O2/c1-16(2,3)25-15(22)20-9-10(8-17-20)14-12-7-11(21(23)24)5-6-13(12)19(4)18-14;1-16(2,3)23-15(22)21-9-10(8-18-21)14-12-7-11(17)5-6-13(12)20(4)19-14/h5-9H,1-4H3;5-9H,17H2,1-4H3. The second-order valence-electron chi connectivity index (χ2n) is 13.0. The number of nitrogens with two attached hydrogens (primary N) is 1. The number of hydrogen-bond donors (Lipinski definition) is 1. The number of rotatable bonds is 3. The smallest absolute Gasteiger partial charge is 0.435 e. The van der Waals surface area contributed by atoms with Crippen molar-refractivity contribution < 1.29 is 24.0 Å². The van der Waals surface area contributed by atoms with E-state index in [-0.39, 0.29) is 5.69 Å². The zero-order chi connectivity index (χ0) is 35.1. The molecule has 2 aromatic carbocycles. The zero-order valence-electron chi connectivity index (χ0n) is 27.8. The quantitative estimate of drug-likeness (QED) is 0.135. The van der Waals surface area contributed by atoms with Crippen LogP contribution in [0.4, 0.5) is 21.0 Å². The van der Waals surface area contributed by atoms with Crippen molar-refractivity contribution in [1.29, 1.82) is 0 Å². The van der Waals surface area contributed by atoms with Crippen molar-refractivity contribution in [3.8, 4) is 22.5 Å². The van der Waals surface area contributed by atoms with E-state index in [0.29, 0.717) is 22.3 Å². The fourth-order valence-electron chi connectivity index (χ4n) is 4.78. The molecule has 0 bridgehead atoms. The van der Waals surface area contributed by atoms with Crippen LogP contribution >= 0.6 is 0 Å². The Hall–Kier alpha value is -6.06. The highest BCUT2D eigenvalue weighted by Gasteiger charge is 2.22. The summed E-state index contributed by atoms with van der Waals surface area (Å²) in [6.45, 7) is 10.7. The lowest BCUT2D eigenvalue weighted by Crippen LogP contribution is -2.27. The van der Waals surface area contributed by atoms with Gasteiger partial charge < -0.3 is 15.2 Å². The Morgan fingerprint density at radius 2 is 1.19 bits per heavy atom. The molecule has 16 heteroatoms. The maximum atomic E-state index is 12.1. The fraction of sp³-hybridized carbons (Fsp3) is 0.312. The van der Waals surface area contributed by atoms with E-state index in [9.17, 15) is 19.7 Å². The van der Waals surface area contributed by atoms with Gasteiger partial charge in [0.1, 0.15) is 22.6 Å². The summed E-state index contributed by atoms with van der Waals surface area (Å²) in [5.74, 6) is 0. The minimum atomic E-state index is -0.637. The molecule has 4 heterocycles. The highest BCUT2D eigenvalue weighted by atomic mass is 16.6. The van der Waals surface area contributed by atoms with E-state index in [1.165, 1.54) is 29.2 Å². The van der Waals surface area contributed by atoms with Crippen molar-refractivity contribution in [3.05, 3.63) is 71.3 Å². The summed E-state index contributed by atoms with van der Waals surface area (Å²) in [7, 11) is 3.61. The minimum absolute atomic E-state index is 0.0266. The lowest BCUT2D eigenvalue weighted by atomic mass is 10.1. The number of non-ortho nitro benzene ring substituents is 1. The summed E-state index contributed by atoms with van der Waals surface area (Å²) in [6, 6.07) is 10.1. The molecule has 2 N–H and O–H groups in total. The number of hydrogen-bond acceptors (Lipinski definition) is 11. The third-order valence-corrected chi connectivity index (χ3v) is 6.79. The minimum Gasteiger partial charge on any atom is -0.442 e. The molecule has 0 aliphatic rings. The fourth-order valence-corrected chi connectivity index (χ4v) is 4.78. The van der Waals surface area contributed by atoms with Crippen LogP contribution < -0.4 is 5.73 Å². The molecule has 250 valence electrons. The van der Waals surface area contributed by atoms with Gasteiger partial charge in [0.15, 0.2) is 0 Å². The van der Waals surface area contributed by atoms with Gasteiger partial charge in [0.05, 0.1) is 28.4 Å². The molecule has 6 rings (SSSR count). The van der Waals surface area contributed by atoms with Gasteiger partial charge in [-0.3, -0.25) is 19.5 Å². The van der Waals surface area contributed by atoms with E-state index in [4.69, 9.17) is 15.2 Å². The lowest BCUT2D eigenvalue weighted by molar-refractivity contribution is -0.384. The van der Waals surface area contributed by atoms with Gasteiger partial charge in [-0.05, 0) is 65.8 Å². The summed E-state index contributed by atoms with van der Waals surface area (Å²) in [5.41, 5.74) is 9.52. The largest absolute Gasteiger partial charge is 0.442 e. The van der Waals surface area contributed by atoms with Crippen molar-refractivity contribution in [1.82, 2.24) is 39.1 Å². The second kappa shape index (κ2) is 12.3. The van der Waals surface area contributed by atoms with Crippen LogP contribution in [0.15, 0.2) is 61.2 Å². The summed E-state index contributed by atoms with van der Waals surface area (Å²) < 4.78 is 16.2. The summed E-state index contributed by atoms with van der Waals surface area (Å²) in [4.78, 5) is 34.7. The van der Waals surface area contributed by atoms with Crippen LogP contribution in [0.1, 0.15) is 41.5 Å². The maximum Gasteiger partial charge on any atom is 0.435 e. The maximum absolute atomic E-state index is 12.1. The van der Waals surface area contributed by atoms with Gasteiger partial charge in [-0.1, -0.05) is 0 Å². The third-order valence-electron chi connectivity index (χ3n) is 6.79. The van der Waals surface area contributed by atoms with Crippen LogP contribution in [0.25, 0.3) is 44.3 Å². The average Bonchev–Trinajstić information content (AvgIpc) is 3.77. The first-order valence-electron chi connectivity index (χ1n) is 14.8. The molecule has 0 saturated carbocycles. The molecular formula is C32H36N10O6. The number of nitro benzene ring substituents is 1. The molecule has 48 heavy (non-hydrogen) atoms. The molecule has 4 aromatic heterocycles. The molecule has 0 aliphatic heterocycles. The number of ether oxygens (including phenoxy) is 2. The Balaban J connectivity index is 0.000000188. The number of benzene rings is 2. The van der Waals surface area contributed by atoms with Crippen LogP contribution in [-0.4, -0.2) is 67.4 Å². The number of anilines is 1. The lowest BCUT2D eigenvalue weighted by Gasteiger charge is -2.18. The normalized spacial score (nSPS) is 11.8. The van der Waals surface area contributed by atoms with Gasteiger partial charge in [-0.25, -0.2) is 9.59 Å². The number of carbonyl (C=O) groups excluding carboxylic acids is 2. The summed E-state index contributed by atoms with van der Waals surface area (Å²) in [5, 5.41) is 29.5. The highest BCUT2D eigenvalue weighted by Crippen LogP contribution is 2.31. The Labute approximate surface area is 274 Å². The van der Waals surface area contributed by atoms with E-state index in [1.807, 2.05) is 46.0 Å².